The molecule has 3 aliphatic rings. The second-order valence-corrected chi connectivity index (χ2v) is 11.0. The Balaban J connectivity index is 1.07. The number of hydrogen-bond donors (Lipinski definition) is 1. The quantitative estimate of drug-likeness (QED) is 0.604. The van der Waals surface area contributed by atoms with Gasteiger partial charge in [-0.15, -0.1) is 0 Å². The number of carbonyl (C=O) groups excluding carboxylic acids is 1. The fraction of sp³-hybridized carbons (Fsp3) is 0.607. The molecule has 1 saturated carbocycles. The van der Waals surface area contributed by atoms with Gasteiger partial charge in [-0.3, -0.25) is 9.78 Å². The van der Waals surface area contributed by atoms with Crippen LogP contribution in [0.15, 0.2) is 42.7 Å². The monoisotopic (exact) mass is 516 g/mol. The number of aromatic nitrogens is 2. The fourth-order valence-corrected chi connectivity index (χ4v) is 6.36. The predicted molar refractivity (Wildman–Crippen MR) is 134 cm³/mol. The molecule has 3 fully saturated rings. The van der Waals surface area contributed by atoms with Gasteiger partial charge >= 0.3 is 6.18 Å². The third-order valence-electron chi connectivity index (χ3n) is 8.58. The van der Waals surface area contributed by atoms with Crippen LogP contribution in [0.1, 0.15) is 62.6 Å². The summed E-state index contributed by atoms with van der Waals surface area (Å²) in [5.41, 5.74) is -0.757. The van der Waals surface area contributed by atoms with Crippen LogP contribution in [0.5, 0.6) is 0 Å². The second-order valence-electron chi connectivity index (χ2n) is 11.0. The lowest BCUT2D eigenvalue weighted by Crippen LogP contribution is -2.42. The van der Waals surface area contributed by atoms with Gasteiger partial charge in [0.15, 0.2) is 0 Å². The van der Waals surface area contributed by atoms with Gasteiger partial charge in [-0.25, -0.2) is 4.98 Å². The van der Waals surface area contributed by atoms with Gasteiger partial charge in [0.2, 0.25) is 5.91 Å². The molecule has 6 nitrogen and oxygen atoms in total. The Bertz CT molecular complexity index is 1060. The number of halogens is 3. The fourth-order valence-electron chi connectivity index (χ4n) is 6.36. The van der Waals surface area contributed by atoms with Crippen LogP contribution < -0.4 is 4.90 Å². The number of aliphatic hydroxyl groups is 1. The van der Waals surface area contributed by atoms with Crippen molar-refractivity contribution in [1.29, 1.82) is 0 Å². The van der Waals surface area contributed by atoms with Crippen molar-refractivity contribution in [2.75, 3.05) is 31.1 Å². The standard InChI is InChI=1S/C28H35F3N4O2/c29-28(30,31)23-6-13-33-25(18-23)34-15-8-22(9-16-34)26(36)35-14-7-21(19-35)17-20-4-10-27(37,11-5-20)24-3-1-2-12-32-24/h1-3,6,12-13,18,20-22,37H,4-5,7-11,14-17,19H2. The van der Waals surface area contributed by atoms with Crippen LogP contribution in [-0.4, -0.2) is 52.1 Å². The van der Waals surface area contributed by atoms with E-state index in [0.717, 1.165) is 69.4 Å². The molecule has 2 aromatic rings. The first-order chi connectivity index (χ1) is 17.7. The zero-order chi connectivity index (χ0) is 26.0. The third kappa shape index (κ3) is 5.92. The molecule has 1 N–H and O–H groups in total. The molecule has 4 heterocycles. The topological polar surface area (TPSA) is 69.6 Å². The van der Waals surface area contributed by atoms with Crippen molar-refractivity contribution >= 4 is 11.7 Å². The lowest BCUT2D eigenvalue weighted by atomic mass is 9.74. The summed E-state index contributed by atoms with van der Waals surface area (Å²) in [6.45, 7) is 2.63. The highest BCUT2D eigenvalue weighted by Gasteiger charge is 2.38. The number of pyridine rings is 2. The highest BCUT2D eigenvalue weighted by Crippen LogP contribution is 2.42. The van der Waals surface area contributed by atoms with E-state index in [9.17, 15) is 23.1 Å². The largest absolute Gasteiger partial charge is 0.416 e. The van der Waals surface area contributed by atoms with E-state index in [1.807, 2.05) is 28.0 Å². The first-order valence-corrected chi connectivity index (χ1v) is 13.4. The number of hydrogen-bond acceptors (Lipinski definition) is 5. The smallest absolute Gasteiger partial charge is 0.384 e. The van der Waals surface area contributed by atoms with E-state index in [1.54, 1.807) is 6.20 Å². The van der Waals surface area contributed by atoms with Gasteiger partial charge in [0.05, 0.1) is 11.3 Å². The molecule has 37 heavy (non-hydrogen) atoms. The van der Waals surface area contributed by atoms with Crippen LogP contribution in [0.2, 0.25) is 0 Å². The molecule has 0 bridgehead atoms. The van der Waals surface area contributed by atoms with Gasteiger partial charge in [-0.05, 0) is 87.5 Å². The minimum absolute atomic E-state index is 0.0798. The first-order valence-electron chi connectivity index (χ1n) is 13.4. The van der Waals surface area contributed by atoms with E-state index in [-0.39, 0.29) is 11.8 Å². The zero-order valence-electron chi connectivity index (χ0n) is 21.0. The molecule has 9 heteroatoms. The molecule has 1 aliphatic carbocycles. The summed E-state index contributed by atoms with van der Waals surface area (Å²) in [5, 5.41) is 11.0. The van der Waals surface area contributed by atoms with Crippen LogP contribution in [0.3, 0.4) is 0 Å². The molecule has 200 valence electrons. The highest BCUT2D eigenvalue weighted by molar-refractivity contribution is 5.79. The molecule has 5 rings (SSSR count). The number of likely N-dealkylation sites (tertiary alicyclic amines) is 1. The summed E-state index contributed by atoms with van der Waals surface area (Å²) < 4.78 is 39.1. The maximum Gasteiger partial charge on any atom is 0.416 e. The van der Waals surface area contributed by atoms with Gasteiger partial charge in [-0.2, -0.15) is 13.2 Å². The van der Waals surface area contributed by atoms with Crippen molar-refractivity contribution in [3.05, 3.63) is 54.0 Å². The normalized spacial score (nSPS) is 27.5. The molecule has 0 aromatic carbocycles. The van der Waals surface area contributed by atoms with Gasteiger partial charge in [0.25, 0.3) is 0 Å². The van der Waals surface area contributed by atoms with E-state index in [4.69, 9.17) is 0 Å². The zero-order valence-corrected chi connectivity index (χ0v) is 21.0. The lowest BCUT2D eigenvalue weighted by molar-refractivity contribution is -0.137. The van der Waals surface area contributed by atoms with E-state index in [1.165, 1.54) is 6.20 Å². The minimum Gasteiger partial charge on any atom is -0.384 e. The number of amides is 1. The Morgan fingerprint density at radius 3 is 2.41 bits per heavy atom. The maximum absolute atomic E-state index is 13.2. The van der Waals surface area contributed by atoms with Gasteiger partial charge in [0, 0.05) is 44.5 Å². The van der Waals surface area contributed by atoms with E-state index >= 15 is 0 Å². The van der Waals surface area contributed by atoms with Crippen LogP contribution in [0.4, 0.5) is 19.0 Å². The van der Waals surface area contributed by atoms with Crippen molar-refractivity contribution in [3.8, 4) is 0 Å². The Hall–Kier alpha value is -2.68. The lowest BCUT2D eigenvalue weighted by Gasteiger charge is -2.36. The van der Waals surface area contributed by atoms with Gasteiger partial charge in [-0.1, -0.05) is 6.07 Å². The summed E-state index contributed by atoms with van der Waals surface area (Å²) in [7, 11) is 0. The number of anilines is 1. The van der Waals surface area contributed by atoms with E-state index in [2.05, 4.69) is 9.97 Å². The Morgan fingerprint density at radius 1 is 0.973 bits per heavy atom. The van der Waals surface area contributed by atoms with Crippen molar-refractivity contribution in [1.82, 2.24) is 14.9 Å². The molecule has 2 aromatic heterocycles. The van der Waals surface area contributed by atoms with E-state index in [0.29, 0.717) is 43.6 Å². The SMILES string of the molecule is O=C(C1CCN(c2cc(C(F)(F)F)ccn2)CC1)N1CCC(CC2CCC(O)(c3ccccn3)CC2)C1. The molecule has 1 atom stereocenters. The third-order valence-corrected chi connectivity index (χ3v) is 8.58. The molecule has 0 radical (unpaired) electrons. The molecule has 1 amide bonds. The van der Waals surface area contributed by atoms with Crippen molar-refractivity contribution in [2.24, 2.45) is 17.8 Å². The molecular formula is C28H35F3N4O2. The Kier molecular flexibility index (Phi) is 7.43. The van der Waals surface area contributed by atoms with Crippen LogP contribution in [0.25, 0.3) is 0 Å². The van der Waals surface area contributed by atoms with Crippen LogP contribution in [-0.2, 0) is 16.6 Å². The average molecular weight is 517 g/mol. The number of carbonyl (C=O) groups is 1. The van der Waals surface area contributed by atoms with Crippen molar-refractivity contribution in [3.63, 3.8) is 0 Å². The number of alkyl halides is 3. The molecular weight excluding hydrogens is 481 g/mol. The summed E-state index contributed by atoms with van der Waals surface area (Å²) in [5.74, 6) is 1.48. The number of nitrogens with zero attached hydrogens (tertiary/aromatic N) is 4. The summed E-state index contributed by atoms with van der Waals surface area (Å²) in [4.78, 5) is 25.6. The van der Waals surface area contributed by atoms with Crippen LogP contribution >= 0.6 is 0 Å². The summed E-state index contributed by atoms with van der Waals surface area (Å²) in [6, 6.07) is 7.76. The minimum atomic E-state index is -4.39. The molecule has 0 spiro atoms. The van der Waals surface area contributed by atoms with E-state index < -0.39 is 17.3 Å². The predicted octanol–water partition coefficient (Wildman–Crippen LogP) is 5.03. The van der Waals surface area contributed by atoms with Crippen LogP contribution in [0, 0.1) is 17.8 Å². The van der Waals surface area contributed by atoms with Gasteiger partial charge < -0.3 is 14.9 Å². The number of rotatable bonds is 5. The molecule has 2 saturated heterocycles. The Morgan fingerprint density at radius 2 is 1.73 bits per heavy atom. The second kappa shape index (κ2) is 10.6. The van der Waals surface area contributed by atoms with Crippen molar-refractivity contribution in [2.45, 2.75) is 63.1 Å². The average Bonchev–Trinajstić information content (AvgIpc) is 3.38. The molecule has 2 aliphatic heterocycles. The highest BCUT2D eigenvalue weighted by atomic mass is 19.4. The first kappa shape index (κ1) is 25.9. The van der Waals surface area contributed by atoms with Gasteiger partial charge in [0.1, 0.15) is 11.4 Å². The molecule has 1 unspecified atom stereocenters. The summed E-state index contributed by atoms with van der Waals surface area (Å²) in [6.07, 6.45) is 5.30. The number of piperidine rings is 1. The maximum atomic E-state index is 13.2. The Labute approximate surface area is 215 Å². The summed E-state index contributed by atoms with van der Waals surface area (Å²) >= 11 is 0. The van der Waals surface area contributed by atoms with Crippen molar-refractivity contribution < 1.29 is 23.1 Å².